The van der Waals surface area contributed by atoms with E-state index >= 15 is 0 Å². The van der Waals surface area contributed by atoms with Crippen molar-refractivity contribution in [2.75, 3.05) is 0 Å². The van der Waals surface area contributed by atoms with E-state index < -0.39 is 7.29 Å². The minimum absolute atomic E-state index is 0.597. The molecule has 0 radical (unpaired) electrons. The van der Waals surface area contributed by atoms with Crippen LogP contribution in [0.2, 0.25) is 0 Å². The topological polar surface area (TPSA) is 54.6 Å². The van der Waals surface area contributed by atoms with Gasteiger partial charge in [0.1, 0.15) is 5.76 Å². The zero-order valence-corrected chi connectivity index (χ0v) is 12.7. The van der Waals surface area contributed by atoms with Crippen molar-refractivity contribution in [3.8, 4) is 0 Å². The molecular weight excluding hydrogens is 295 g/mol. The lowest BCUT2D eigenvalue weighted by Crippen LogP contribution is -2.24. The van der Waals surface area contributed by atoms with E-state index in [2.05, 4.69) is 10.3 Å². The van der Waals surface area contributed by atoms with Gasteiger partial charge >= 0.3 is 0 Å². The standard InChI is InChI=1S/C17H15N2O2P/c20-22(16-9-3-1-4-10-16,17-11-5-2-6-12-17)19-18-14-15-8-7-13-21-15/h1-14H,(H,19,20). The molecule has 4 nitrogen and oxygen atoms in total. The van der Waals surface area contributed by atoms with Gasteiger partial charge in [0.25, 0.3) is 0 Å². The van der Waals surface area contributed by atoms with Crippen molar-refractivity contribution in [3.63, 3.8) is 0 Å². The number of rotatable bonds is 5. The Morgan fingerprint density at radius 3 is 1.95 bits per heavy atom. The van der Waals surface area contributed by atoms with Crippen LogP contribution >= 0.6 is 7.29 Å². The molecule has 0 unspecified atom stereocenters. The zero-order chi connectivity index (χ0) is 15.3. The molecule has 3 aromatic rings. The fraction of sp³-hybridized carbons (Fsp3) is 0. The summed E-state index contributed by atoms with van der Waals surface area (Å²) in [6, 6.07) is 22.1. The van der Waals surface area contributed by atoms with Crippen molar-refractivity contribution in [2.24, 2.45) is 5.10 Å². The Labute approximate surface area is 128 Å². The van der Waals surface area contributed by atoms with Gasteiger partial charge in [0.2, 0.25) is 7.29 Å². The molecule has 0 fully saturated rings. The molecule has 1 aromatic heterocycles. The van der Waals surface area contributed by atoms with Crippen molar-refractivity contribution in [2.45, 2.75) is 0 Å². The molecule has 110 valence electrons. The number of hydrazone groups is 1. The van der Waals surface area contributed by atoms with E-state index in [1.165, 1.54) is 6.21 Å². The summed E-state index contributed by atoms with van der Waals surface area (Å²) in [6.45, 7) is 0. The summed E-state index contributed by atoms with van der Waals surface area (Å²) in [5.41, 5.74) is 0. The first-order chi connectivity index (χ1) is 10.8. The number of hydrogen-bond acceptors (Lipinski definition) is 3. The molecule has 5 heteroatoms. The van der Waals surface area contributed by atoms with E-state index in [4.69, 9.17) is 4.42 Å². The Hall–Kier alpha value is -2.58. The van der Waals surface area contributed by atoms with Gasteiger partial charge in [-0.2, -0.15) is 5.10 Å². The first-order valence-corrected chi connectivity index (χ1v) is 8.55. The van der Waals surface area contributed by atoms with Crippen LogP contribution in [0.1, 0.15) is 5.76 Å². The lowest BCUT2D eigenvalue weighted by molar-refractivity contribution is 0.559. The molecule has 0 aliphatic rings. The molecule has 1 N–H and O–H groups in total. The third-order valence-electron chi connectivity index (χ3n) is 3.17. The molecule has 3 rings (SSSR count). The summed E-state index contributed by atoms with van der Waals surface area (Å²) in [7, 11) is -3.03. The molecule has 1 heterocycles. The van der Waals surface area contributed by atoms with Crippen molar-refractivity contribution in [1.82, 2.24) is 5.20 Å². The first-order valence-electron chi connectivity index (χ1n) is 6.84. The van der Waals surface area contributed by atoms with Crippen molar-refractivity contribution in [3.05, 3.63) is 84.8 Å². The highest BCUT2D eigenvalue weighted by Crippen LogP contribution is 2.38. The average molecular weight is 310 g/mol. The smallest absolute Gasteiger partial charge is 0.242 e. The normalized spacial score (nSPS) is 11.6. The highest BCUT2D eigenvalue weighted by atomic mass is 31.2. The first kappa shape index (κ1) is 14.4. The Morgan fingerprint density at radius 2 is 1.45 bits per heavy atom. The molecule has 0 bridgehead atoms. The molecule has 0 spiro atoms. The molecule has 0 saturated heterocycles. The van der Waals surface area contributed by atoms with E-state index in [9.17, 15) is 4.57 Å². The van der Waals surface area contributed by atoms with Crippen LogP contribution < -0.4 is 15.8 Å². The minimum atomic E-state index is -3.03. The zero-order valence-electron chi connectivity index (χ0n) is 11.8. The van der Waals surface area contributed by atoms with E-state index in [-0.39, 0.29) is 0 Å². The van der Waals surface area contributed by atoms with Crippen molar-refractivity contribution >= 4 is 24.1 Å². The van der Waals surface area contributed by atoms with Crippen LogP contribution in [0, 0.1) is 0 Å². The maximum absolute atomic E-state index is 13.5. The SMILES string of the molecule is O=P(NN=Cc1ccco1)(c1ccccc1)c1ccccc1. The largest absolute Gasteiger partial charge is 0.463 e. The molecule has 2 aromatic carbocycles. The fourth-order valence-electron chi connectivity index (χ4n) is 2.08. The lowest BCUT2D eigenvalue weighted by Gasteiger charge is -2.18. The molecule has 0 amide bonds. The van der Waals surface area contributed by atoms with Gasteiger partial charge in [-0.25, -0.2) is 0 Å². The van der Waals surface area contributed by atoms with Crippen LogP contribution in [0.25, 0.3) is 0 Å². The Kier molecular flexibility index (Phi) is 4.22. The molecule has 0 aliphatic carbocycles. The third kappa shape index (κ3) is 3.02. The maximum Gasteiger partial charge on any atom is 0.242 e. The molecule has 0 atom stereocenters. The number of benzene rings is 2. The van der Waals surface area contributed by atoms with E-state index in [1.807, 2.05) is 60.7 Å². The van der Waals surface area contributed by atoms with Crippen LogP contribution in [-0.4, -0.2) is 6.21 Å². The maximum atomic E-state index is 13.5. The van der Waals surface area contributed by atoms with Gasteiger partial charge in [0, 0.05) is 10.6 Å². The van der Waals surface area contributed by atoms with E-state index in [0.29, 0.717) is 16.4 Å². The summed E-state index contributed by atoms with van der Waals surface area (Å²) in [4.78, 5) is 0. The summed E-state index contributed by atoms with van der Waals surface area (Å²) in [6.07, 6.45) is 3.08. The van der Waals surface area contributed by atoms with Gasteiger partial charge in [-0.3, -0.25) is 9.76 Å². The monoisotopic (exact) mass is 310 g/mol. The number of furan rings is 1. The lowest BCUT2D eigenvalue weighted by atomic mass is 10.4. The summed E-state index contributed by atoms with van der Waals surface area (Å²) in [5.74, 6) is 0.597. The summed E-state index contributed by atoms with van der Waals surface area (Å²) < 4.78 is 18.7. The van der Waals surface area contributed by atoms with E-state index in [1.54, 1.807) is 18.4 Å². The molecule has 22 heavy (non-hydrogen) atoms. The predicted molar refractivity (Wildman–Crippen MR) is 89.2 cm³/mol. The highest BCUT2D eigenvalue weighted by molar-refractivity contribution is 7.76. The fourth-order valence-corrected chi connectivity index (χ4v) is 4.01. The van der Waals surface area contributed by atoms with Crippen LogP contribution in [-0.2, 0) is 4.57 Å². The molecule has 0 saturated carbocycles. The number of nitrogens with zero attached hydrogens (tertiary/aromatic N) is 1. The van der Waals surface area contributed by atoms with Crippen LogP contribution in [0.3, 0.4) is 0 Å². The Bertz CT molecular complexity index is 741. The van der Waals surface area contributed by atoms with Crippen molar-refractivity contribution < 1.29 is 8.98 Å². The minimum Gasteiger partial charge on any atom is -0.463 e. The third-order valence-corrected chi connectivity index (χ3v) is 5.62. The highest BCUT2D eigenvalue weighted by Gasteiger charge is 2.26. The summed E-state index contributed by atoms with van der Waals surface area (Å²) in [5, 5.41) is 8.35. The number of hydrogen-bond donors (Lipinski definition) is 1. The van der Waals surface area contributed by atoms with Crippen LogP contribution in [0.5, 0.6) is 0 Å². The molecule has 0 aliphatic heterocycles. The van der Waals surface area contributed by atoms with Gasteiger partial charge in [-0.05, 0) is 36.4 Å². The second-order valence-corrected chi connectivity index (χ2v) is 7.11. The van der Waals surface area contributed by atoms with Gasteiger partial charge in [-0.1, -0.05) is 36.4 Å². The second-order valence-electron chi connectivity index (χ2n) is 4.65. The van der Waals surface area contributed by atoms with Crippen LogP contribution in [0.4, 0.5) is 0 Å². The second kappa shape index (κ2) is 6.46. The van der Waals surface area contributed by atoms with Gasteiger partial charge < -0.3 is 4.42 Å². The summed E-state index contributed by atoms with van der Waals surface area (Å²) >= 11 is 0. The number of nitrogens with one attached hydrogen (secondary N) is 1. The quantitative estimate of drug-likeness (QED) is 0.447. The Morgan fingerprint density at radius 1 is 0.864 bits per heavy atom. The predicted octanol–water partition coefficient (Wildman–Crippen LogP) is 3.13. The average Bonchev–Trinajstić information content (AvgIpc) is 3.10. The molecular formula is C17H15N2O2P. The Balaban J connectivity index is 1.95. The van der Waals surface area contributed by atoms with E-state index in [0.717, 1.165) is 0 Å². The van der Waals surface area contributed by atoms with Gasteiger partial charge in [0.15, 0.2) is 0 Å². The van der Waals surface area contributed by atoms with Crippen molar-refractivity contribution in [1.29, 1.82) is 0 Å². The van der Waals surface area contributed by atoms with Gasteiger partial charge in [0.05, 0.1) is 12.5 Å². The van der Waals surface area contributed by atoms with Crippen LogP contribution in [0.15, 0.2) is 88.6 Å². The van der Waals surface area contributed by atoms with Gasteiger partial charge in [-0.15, -0.1) is 0 Å².